The Balaban J connectivity index is 2.08. The summed E-state index contributed by atoms with van der Waals surface area (Å²) < 4.78 is 10.9. The Morgan fingerprint density at radius 2 is 2.21 bits per heavy atom. The van der Waals surface area contributed by atoms with E-state index in [0.29, 0.717) is 0 Å². The van der Waals surface area contributed by atoms with Gasteiger partial charge in [0.2, 0.25) is 0 Å². The third kappa shape index (κ3) is 3.72. The first kappa shape index (κ1) is 13.9. The van der Waals surface area contributed by atoms with Crippen molar-refractivity contribution in [2.75, 3.05) is 44.9 Å². The summed E-state index contributed by atoms with van der Waals surface area (Å²) in [7, 11) is 1.72. The van der Waals surface area contributed by atoms with Crippen LogP contribution in [0, 0.1) is 0 Å². The quantitative estimate of drug-likeness (QED) is 0.626. The number of morpholine rings is 1. The molecular formula is C15H22N2O2. The van der Waals surface area contributed by atoms with Crippen LogP contribution in [-0.4, -0.2) is 40.0 Å². The first-order valence-electron chi connectivity index (χ1n) is 6.66. The zero-order valence-corrected chi connectivity index (χ0v) is 11.5. The van der Waals surface area contributed by atoms with E-state index in [4.69, 9.17) is 9.47 Å². The minimum Gasteiger partial charge on any atom is -0.495 e. The fraction of sp³-hybridized carbons (Fsp3) is 0.467. The van der Waals surface area contributed by atoms with E-state index in [1.165, 1.54) is 5.56 Å². The van der Waals surface area contributed by atoms with Crippen molar-refractivity contribution in [1.82, 2.24) is 5.32 Å². The highest BCUT2D eigenvalue weighted by Gasteiger charge is 2.15. The summed E-state index contributed by atoms with van der Waals surface area (Å²) >= 11 is 0. The first-order chi connectivity index (χ1) is 9.35. The molecule has 4 heteroatoms. The fourth-order valence-electron chi connectivity index (χ4n) is 2.22. The number of hydrogen-bond donors (Lipinski definition) is 1. The van der Waals surface area contributed by atoms with Gasteiger partial charge in [0.1, 0.15) is 5.75 Å². The van der Waals surface area contributed by atoms with Gasteiger partial charge in [0, 0.05) is 26.2 Å². The minimum atomic E-state index is 0.784. The highest BCUT2D eigenvalue weighted by molar-refractivity contribution is 5.60. The zero-order chi connectivity index (χ0) is 13.5. The van der Waals surface area contributed by atoms with Gasteiger partial charge in [-0.3, -0.25) is 0 Å². The molecule has 1 aromatic rings. The van der Waals surface area contributed by atoms with Crippen molar-refractivity contribution in [3.05, 3.63) is 36.4 Å². The van der Waals surface area contributed by atoms with Crippen molar-refractivity contribution in [3.63, 3.8) is 0 Å². The fourth-order valence-corrected chi connectivity index (χ4v) is 2.22. The molecule has 0 radical (unpaired) electrons. The topological polar surface area (TPSA) is 33.7 Å². The van der Waals surface area contributed by atoms with E-state index in [2.05, 4.69) is 35.0 Å². The maximum absolute atomic E-state index is 5.52. The van der Waals surface area contributed by atoms with Gasteiger partial charge in [0.05, 0.1) is 26.0 Å². The van der Waals surface area contributed by atoms with Gasteiger partial charge in [0.15, 0.2) is 0 Å². The van der Waals surface area contributed by atoms with Crippen LogP contribution in [0.25, 0.3) is 0 Å². The molecule has 1 N–H and O–H groups in total. The molecule has 4 nitrogen and oxygen atoms in total. The number of methoxy groups -OCH3 is 1. The molecule has 104 valence electrons. The standard InChI is InChI=1S/C15H22N2O2/c1-3-6-16-12-13-4-5-14(15(11-13)18-2)17-7-9-19-10-8-17/h3-5,11,16H,1,6-10,12H2,2H3. The summed E-state index contributed by atoms with van der Waals surface area (Å²) in [5.74, 6) is 0.930. The molecule has 1 aromatic carbocycles. The zero-order valence-electron chi connectivity index (χ0n) is 11.5. The largest absolute Gasteiger partial charge is 0.495 e. The van der Waals surface area contributed by atoms with Crippen LogP contribution in [0.4, 0.5) is 5.69 Å². The van der Waals surface area contributed by atoms with E-state index in [0.717, 1.165) is 50.8 Å². The van der Waals surface area contributed by atoms with Gasteiger partial charge in [-0.2, -0.15) is 0 Å². The summed E-state index contributed by atoms with van der Waals surface area (Å²) in [6.45, 7) is 8.74. The summed E-state index contributed by atoms with van der Waals surface area (Å²) in [4.78, 5) is 2.31. The third-order valence-corrected chi connectivity index (χ3v) is 3.21. The molecular weight excluding hydrogens is 240 g/mol. The molecule has 0 amide bonds. The summed E-state index contributed by atoms with van der Waals surface area (Å²) in [6, 6.07) is 6.37. The number of nitrogens with zero attached hydrogens (tertiary/aromatic N) is 1. The van der Waals surface area contributed by atoms with Crippen LogP contribution in [0.1, 0.15) is 5.56 Å². The van der Waals surface area contributed by atoms with Crippen molar-refractivity contribution in [2.24, 2.45) is 0 Å². The molecule has 1 aliphatic rings. The number of hydrogen-bond acceptors (Lipinski definition) is 4. The Hall–Kier alpha value is -1.52. The first-order valence-corrected chi connectivity index (χ1v) is 6.66. The van der Waals surface area contributed by atoms with Crippen molar-refractivity contribution in [2.45, 2.75) is 6.54 Å². The van der Waals surface area contributed by atoms with Gasteiger partial charge >= 0.3 is 0 Å². The van der Waals surface area contributed by atoms with E-state index in [-0.39, 0.29) is 0 Å². The Labute approximate surface area is 115 Å². The molecule has 1 aliphatic heterocycles. The average molecular weight is 262 g/mol. The third-order valence-electron chi connectivity index (χ3n) is 3.21. The minimum absolute atomic E-state index is 0.784. The predicted octanol–water partition coefficient (Wildman–Crippen LogP) is 1.81. The maximum atomic E-state index is 5.52. The lowest BCUT2D eigenvalue weighted by atomic mass is 10.1. The van der Waals surface area contributed by atoms with E-state index < -0.39 is 0 Å². The molecule has 0 saturated carbocycles. The second-order valence-corrected chi connectivity index (χ2v) is 4.53. The summed E-state index contributed by atoms with van der Waals surface area (Å²) in [6.07, 6.45) is 1.86. The van der Waals surface area contributed by atoms with Gasteiger partial charge < -0.3 is 19.7 Å². The van der Waals surface area contributed by atoms with Crippen LogP contribution in [0.15, 0.2) is 30.9 Å². The van der Waals surface area contributed by atoms with Crippen LogP contribution >= 0.6 is 0 Å². The average Bonchev–Trinajstić information content (AvgIpc) is 2.48. The van der Waals surface area contributed by atoms with Crippen LogP contribution < -0.4 is 15.0 Å². The normalized spacial score (nSPS) is 15.3. The van der Waals surface area contributed by atoms with E-state index >= 15 is 0 Å². The monoisotopic (exact) mass is 262 g/mol. The van der Waals surface area contributed by atoms with Crippen LogP contribution in [-0.2, 0) is 11.3 Å². The highest BCUT2D eigenvalue weighted by atomic mass is 16.5. The van der Waals surface area contributed by atoms with Gasteiger partial charge in [0.25, 0.3) is 0 Å². The maximum Gasteiger partial charge on any atom is 0.142 e. The molecule has 0 unspecified atom stereocenters. The molecule has 0 aliphatic carbocycles. The highest BCUT2D eigenvalue weighted by Crippen LogP contribution is 2.29. The number of rotatable bonds is 6. The van der Waals surface area contributed by atoms with Crippen LogP contribution in [0.3, 0.4) is 0 Å². The number of ether oxygens (including phenoxy) is 2. The Morgan fingerprint density at radius 1 is 1.42 bits per heavy atom. The van der Waals surface area contributed by atoms with Gasteiger partial charge in [-0.15, -0.1) is 6.58 Å². The molecule has 1 fully saturated rings. The van der Waals surface area contributed by atoms with E-state index in [1.54, 1.807) is 7.11 Å². The lowest BCUT2D eigenvalue weighted by Gasteiger charge is -2.30. The molecule has 1 heterocycles. The van der Waals surface area contributed by atoms with Crippen LogP contribution in [0.2, 0.25) is 0 Å². The lowest BCUT2D eigenvalue weighted by Crippen LogP contribution is -2.36. The summed E-state index contributed by atoms with van der Waals surface area (Å²) in [5, 5.41) is 3.29. The molecule has 1 saturated heterocycles. The number of benzene rings is 1. The van der Waals surface area contributed by atoms with Gasteiger partial charge in [-0.05, 0) is 17.7 Å². The van der Waals surface area contributed by atoms with Crippen molar-refractivity contribution in [3.8, 4) is 5.75 Å². The number of nitrogens with one attached hydrogen (secondary N) is 1. The molecule has 19 heavy (non-hydrogen) atoms. The SMILES string of the molecule is C=CCNCc1ccc(N2CCOCC2)c(OC)c1. The Kier molecular flexibility index (Phi) is 5.24. The second-order valence-electron chi connectivity index (χ2n) is 4.53. The lowest BCUT2D eigenvalue weighted by molar-refractivity contribution is 0.122. The van der Waals surface area contributed by atoms with Gasteiger partial charge in [-0.25, -0.2) is 0 Å². The van der Waals surface area contributed by atoms with E-state index in [9.17, 15) is 0 Å². The Morgan fingerprint density at radius 3 is 2.89 bits per heavy atom. The molecule has 0 atom stereocenters. The van der Waals surface area contributed by atoms with Crippen molar-refractivity contribution < 1.29 is 9.47 Å². The summed E-state index contributed by atoms with van der Waals surface area (Å²) in [5.41, 5.74) is 2.37. The molecule has 0 bridgehead atoms. The molecule has 0 spiro atoms. The second kappa shape index (κ2) is 7.16. The molecule has 2 rings (SSSR count). The van der Waals surface area contributed by atoms with Crippen molar-refractivity contribution >= 4 is 5.69 Å². The molecule has 0 aromatic heterocycles. The van der Waals surface area contributed by atoms with Crippen molar-refractivity contribution in [1.29, 1.82) is 0 Å². The van der Waals surface area contributed by atoms with Crippen LogP contribution in [0.5, 0.6) is 5.75 Å². The Bertz CT molecular complexity index is 415. The van der Waals surface area contributed by atoms with Gasteiger partial charge in [-0.1, -0.05) is 12.1 Å². The van der Waals surface area contributed by atoms with E-state index in [1.807, 2.05) is 6.08 Å². The smallest absolute Gasteiger partial charge is 0.142 e. The predicted molar refractivity (Wildman–Crippen MR) is 77.9 cm³/mol. The number of anilines is 1.